The standard InChI is InChI=1S/C13H17ClN2/c1-2-3-4-5-13(16-15)10-11-6-8-12(14)9-7-11/h6-9,13,16H,4-5,10,15H2,1H3. The smallest absolute Gasteiger partial charge is 0.0406 e. The van der Waals surface area contributed by atoms with Gasteiger partial charge in [-0.1, -0.05) is 23.7 Å². The molecule has 0 aliphatic rings. The summed E-state index contributed by atoms with van der Waals surface area (Å²) < 4.78 is 0. The molecule has 0 aliphatic heterocycles. The van der Waals surface area contributed by atoms with Gasteiger partial charge in [-0.25, -0.2) is 0 Å². The number of benzene rings is 1. The first-order valence-electron chi connectivity index (χ1n) is 5.36. The van der Waals surface area contributed by atoms with Crippen LogP contribution in [0.3, 0.4) is 0 Å². The number of rotatable bonds is 5. The van der Waals surface area contributed by atoms with Crippen LogP contribution < -0.4 is 11.3 Å². The van der Waals surface area contributed by atoms with Crippen LogP contribution in [0.1, 0.15) is 25.3 Å². The Bertz CT molecular complexity index is 362. The third kappa shape index (κ3) is 4.67. The van der Waals surface area contributed by atoms with Crippen LogP contribution in [0.5, 0.6) is 0 Å². The summed E-state index contributed by atoms with van der Waals surface area (Å²) in [5, 5.41) is 0.762. The van der Waals surface area contributed by atoms with Gasteiger partial charge in [-0.3, -0.25) is 11.3 Å². The topological polar surface area (TPSA) is 38.0 Å². The second-order valence-corrected chi connectivity index (χ2v) is 4.10. The summed E-state index contributed by atoms with van der Waals surface area (Å²) in [7, 11) is 0. The van der Waals surface area contributed by atoms with Gasteiger partial charge in [-0.05, 0) is 37.5 Å². The molecule has 0 saturated heterocycles. The highest BCUT2D eigenvalue weighted by molar-refractivity contribution is 6.30. The van der Waals surface area contributed by atoms with Gasteiger partial charge in [-0.15, -0.1) is 11.8 Å². The van der Waals surface area contributed by atoms with Gasteiger partial charge in [0.25, 0.3) is 0 Å². The zero-order valence-corrected chi connectivity index (χ0v) is 10.2. The summed E-state index contributed by atoms with van der Waals surface area (Å²) in [5.41, 5.74) is 4.06. The number of hydrogen-bond acceptors (Lipinski definition) is 2. The molecule has 1 unspecified atom stereocenters. The van der Waals surface area contributed by atoms with Crippen LogP contribution >= 0.6 is 11.6 Å². The normalized spacial score (nSPS) is 11.7. The first-order valence-corrected chi connectivity index (χ1v) is 5.74. The van der Waals surface area contributed by atoms with Crippen LogP contribution in [-0.2, 0) is 6.42 Å². The lowest BCUT2D eigenvalue weighted by Crippen LogP contribution is -2.36. The van der Waals surface area contributed by atoms with E-state index in [9.17, 15) is 0 Å². The Hall–Kier alpha value is -1.01. The molecule has 3 heteroatoms. The molecule has 0 bridgehead atoms. The maximum absolute atomic E-state index is 5.83. The molecule has 0 amide bonds. The van der Waals surface area contributed by atoms with E-state index in [4.69, 9.17) is 17.4 Å². The summed E-state index contributed by atoms with van der Waals surface area (Å²) in [6, 6.07) is 8.12. The zero-order valence-electron chi connectivity index (χ0n) is 9.46. The lowest BCUT2D eigenvalue weighted by atomic mass is 10.0. The predicted octanol–water partition coefficient (Wildman–Crippen LogP) is 2.52. The SMILES string of the molecule is CC#CCCC(Cc1ccc(Cl)cc1)NN. The van der Waals surface area contributed by atoms with Crippen molar-refractivity contribution in [3.05, 3.63) is 34.9 Å². The van der Waals surface area contributed by atoms with Gasteiger partial charge in [0.05, 0.1) is 0 Å². The lowest BCUT2D eigenvalue weighted by molar-refractivity contribution is 0.498. The molecule has 0 spiro atoms. The Balaban J connectivity index is 2.48. The molecule has 0 aliphatic carbocycles. The minimum atomic E-state index is 0.266. The van der Waals surface area contributed by atoms with Gasteiger partial charge >= 0.3 is 0 Å². The van der Waals surface area contributed by atoms with E-state index < -0.39 is 0 Å². The molecule has 0 saturated carbocycles. The fourth-order valence-electron chi connectivity index (χ4n) is 1.52. The van der Waals surface area contributed by atoms with Crippen molar-refractivity contribution in [1.29, 1.82) is 0 Å². The van der Waals surface area contributed by atoms with E-state index in [1.165, 1.54) is 5.56 Å². The van der Waals surface area contributed by atoms with Crippen molar-refractivity contribution in [3.63, 3.8) is 0 Å². The van der Waals surface area contributed by atoms with E-state index in [0.29, 0.717) is 0 Å². The van der Waals surface area contributed by atoms with Crippen LogP contribution in [0, 0.1) is 11.8 Å². The minimum absolute atomic E-state index is 0.266. The molecule has 3 N–H and O–H groups in total. The molecule has 16 heavy (non-hydrogen) atoms. The molecular formula is C13H17ClN2. The van der Waals surface area contributed by atoms with Gasteiger partial charge < -0.3 is 0 Å². The van der Waals surface area contributed by atoms with Crippen molar-refractivity contribution < 1.29 is 0 Å². The highest BCUT2D eigenvalue weighted by atomic mass is 35.5. The van der Waals surface area contributed by atoms with Crippen LogP contribution in [0.4, 0.5) is 0 Å². The van der Waals surface area contributed by atoms with Crippen molar-refractivity contribution >= 4 is 11.6 Å². The van der Waals surface area contributed by atoms with Crippen molar-refractivity contribution in [2.24, 2.45) is 5.84 Å². The Kier molecular flexibility index (Phi) is 5.95. The molecule has 0 heterocycles. The molecule has 1 rings (SSSR count). The monoisotopic (exact) mass is 236 g/mol. The molecular weight excluding hydrogens is 220 g/mol. The quantitative estimate of drug-likeness (QED) is 0.468. The summed E-state index contributed by atoms with van der Waals surface area (Å²) in [5.74, 6) is 11.4. The minimum Gasteiger partial charge on any atom is -0.271 e. The van der Waals surface area contributed by atoms with Crippen LogP contribution in [0.25, 0.3) is 0 Å². The molecule has 2 nitrogen and oxygen atoms in total. The van der Waals surface area contributed by atoms with Gasteiger partial charge in [0.1, 0.15) is 0 Å². The molecule has 1 aromatic carbocycles. The molecule has 0 aromatic heterocycles. The van der Waals surface area contributed by atoms with Crippen LogP contribution in [0.15, 0.2) is 24.3 Å². The summed E-state index contributed by atoms with van der Waals surface area (Å²) in [6.07, 6.45) is 2.73. The highest BCUT2D eigenvalue weighted by Crippen LogP contribution is 2.12. The fraction of sp³-hybridized carbons (Fsp3) is 0.385. The Morgan fingerprint density at radius 3 is 2.62 bits per heavy atom. The second-order valence-electron chi connectivity index (χ2n) is 3.66. The number of nitrogens with one attached hydrogen (secondary N) is 1. The van der Waals surface area contributed by atoms with E-state index in [1.54, 1.807) is 0 Å². The average Bonchev–Trinajstić information content (AvgIpc) is 2.31. The van der Waals surface area contributed by atoms with E-state index >= 15 is 0 Å². The maximum Gasteiger partial charge on any atom is 0.0406 e. The molecule has 1 aromatic rings. The maximum atomic E-state index is 5.83. The van der Waals surface area contributed by atoms with E-state index in [1.807, 2.05) is 31.2 Å². The zero-order chi connectivity index (χ0) is 11.8. The summed E-state index contributed by atoms with van der Waals surface area (Å²) >= 11 is 5.83. The van der Waals surface area contributed by atoms with Crippen molar-refractivity contribution in [2.75, 3.05) is 0 Å². The fourth-order valence-corrected chi connectivity index (χ4v) is 1.65. The highest BCUT2D eigenvalue weighted by Gasteiger charge is 2.06. The molecule has 0 radical (unpaired) electrons. The van der Waals surface area contributed by atoms with Crippen molar-refractivity contribution in [2.45, 2.75) is 32.2 Å². The van der Waals surface area contributed by atoms with Crippen molar-refractivity contribution in [1.82, 2.24) is 5.43 Å². The van der Waals surface area contributed by atoms with E-state index in [-0.39, 0.29) is 6.04 Å². The third-order valence-electron chi connectivity index (χ3n) is 2.43. The van der Waals surface area contributed by atoms with E-state index in [2.05, 4.69) is 17.3 Å². The predicted molar refractivity (Wildman–Crippen MR) is 69.0 cm³/mol. The lowest BCUT2D eigenvalue weighted by Gasteiger charge is -2.14. The second kappa shape index (κ2) is 7.29. The van der Waals surface area contributed by atoms with Gasteiger partial charge in [0, 0.05) is 17.5 Å². The van der Waals surface area contributed by atoms with Crippen LogP contribution in [0.2, 0.25) is 5.02 Å². The Morgan fingerprint density at radius 2 is 2.06 bits per heavy atom. The number of halogens is 1. The molecule has 0 fully saturated rings. The van der Waals surface area contributed by atoms with Crippen molar-refractivity contribution in [3.8, 4) is 11.8 Å². The molecule has 86 valence electrons. The molecule has 1 atom stereocenters. The van der Waals surface area contributed by atoms with Gasteiger partial charge in [-0.2, -0.15) is 0 Å². The largest absolute Gasteiger partial charge is 0.271 e. The average molecular weight is 237 g/mol. The first-order chi connectivity index (χ1) is 7.76. The first kappa shape index (κ1) is 13.1. The third-order valence-corrected chi connectivity index (χ3v) is 2.68. The number of nitrogens with two attached hydrogens (primary N) is 1. The van der Waals surface area contributed by atoms with Gasteiger partial charge in [0.2, 0.25) is 0 Å². The number of hydrazine groups is 1. The summed E-state index contributed by atoms with van der Waals surface area (Å²) in [4.78, 5) is 0. The summed E-state index contributed by atoms with van der Waals surface area (Å²) in [6.45, 7) is 1.85. The van der Waals surface area contributed by atoms with Crippen LogP contribution in [-0.4, -0.2) is 6.04 Å². The Labute approximate surface area is 102 Å². The van der Waals surface area contributed by atoms with E-state index in [0.717, 1.165) is 24.3 Å². The number of hydrogen-bond donors (Lipinski definition) is 2. The van der Waals surface area contributed by atoms with Gasteiger partial charge in [0.15, 0.2) is 0 Å². The Morgan fingerprint density at radius 1 is 1.38 bits per heavy atom.